The van der Waals surface area contributed by atoms with Crippen LogP contribution in [0.15, 0.2) is 46.9 Å². The van der Waals surface area contributed by atoms with Crippen LogP contribution in [0.2, 0.25) is 0 Å². The minimum absolute atomic E-state index is 0.267. The zero-order valence-electron chi connectivity index (χ0n) is 11.4. The van der Waals surface area contributed by atoms with Crippen molar-refractivity contribution in [1.82, 2.24) is 0 Å². The lowest BCUT2D eigenvalue weighted by molar-refractivity contribution is 0.0696. The molecule has 0 aliphatic rings. The van der Waals surface area contributed by atoms with Crippen molar-refractivity contribution in [3.63, 3.8) is 0 Å². The Kier molecular flexibility index (Phi) is 4.45. The standard InChI is InChI=1S/C16H16BrNO2/c1-3-11-4-6-12(7-5-11)18(2)13-8-9-14(16(19)20)15(17)10-13/h4-10H,3H2,1-2H3,(H,19,20). The summed E-state index contributed by atoms with van der Waals surface area (Å²) in [6.45, 7) is 2.13. The van der Waals surface area contributed by atoms with E-state index in [1.165, 1.54) is 5.56 Å². The van der Waals surface area contributed by atoms with Gasteiger partial charge in [0.1, 0.15) is 0 Å². The van der Waals surface area contributed by atoms with Gasteiger partial charge in [-0.25, -0.2) is 4.79 Å². The largest absolute Gasteiger partial charge is 0.478 e. The number of nitrogens with zero attached hydrogens (tertiary/aromatic N) is 1. The molecule has 0 aliphatic heterocycles. The van der Waals surface area contributed by atoms with Crippen molar-refractivity contribution in [3.05, 3.63) is 58.1 Å². The van der Waals surface area contributed by atoms with Crippen molar-refractivity contribution in [3.8, 4) is 0 Å². The average molecular weight is 334 g/mol. The maximum Gasteiger partial charge on any atom is 0.336 e. The van der Waals surface area contributed by atoms with E-state index >= 15 is 0 Å². The van der Waals surface area contributed by atoms with Gasteiger partial charge in [-0.15, -0.1) is 0 Å². The van der Waals surface area contributed by atoms with Crippen LogP contribution in [-0.2, 0) is 6.42 Å². The van der Waals surface area contributed by atoms with Crippen molar-refractivity contribution >= 4 is 33.3 Å². The number of carbonyl (C=O) groups is 1. The third-order valence-electron chi connectivity index (χ3n) is 3.30. The lowest BCUT2D eigenvalue weighted by Gasteiger charge is -2.20. The van der Waals surface area contributed by atoms with Gasteiger partial charge in [-0.1, -0.05) is 19.1 Å². The molecule has 0 aromatic heterocycles. The second-order valence-corrected chi connectivity index (χ2v) is 5.40. The normalized spacial score (nSPS) is 10.3. The summed E-state index contributed by atoms with van der Waals surface area (Å²) >= 11 is 3.30. The Bertz CT molecular complexity index is 623. The van der Waals surface area contributed by atoms with Gasteiger partial charge in [-0.3, -0.25) is 0 Å². The van der Waals surface area contributed by atoms with Gasteiger partial charge in [-0.2, -0.15) is 0 Å². The summed E-state index contributed by atoms with van der Waals surface area (Å²) in [5.74, 6) is -0.932. The first kappa shape index (κ1) is 14.6. The number of carboxylic acid groups (broad SMARTS) is 1. The molecule has 0 aliphatic carbocycles. The zero-order chi connectivity index (χ0) is 14.7. The average Bonchev–Trinajstić information content (AvgIpc) is 2.46. The highest BCUT2D eigenvalue weighted by Crippen LogP contribution is 2.28. The zero-order valence-corrected chi connectivity index (χ0v) is 13.0. The van der Waals surface area contributed by atoms with Gasteiger partial charge in [0, 0.05) is 22.9 Å². The fourth-order valence-electron chi connectivity index (χ4n) is 1.99. The molecule has 2 aromatic carbocycles. The number of carboxylic acids is 1. The summed E-state index contributed by atoms with van der Waals surface area (Å²) in [5, 5.41) is 9.03. The maximum absolute atomic E-state index is 11.0. The highest BCUT2D eigenvalue weighted by atomic mass is 79.9. The molecular formula is C16H16BrNO2. The molecular weight excluding hydrogens is 318 g/mol. The summed E-state index contributed by atoms with van der Waals surface area (Å²) in [6.07, 6.45) is 1.02. The predicted molar refractivity (Wildman–Crippen MR) is 85.0 cm³/mol. The number of anilines is 2. The molecule has 0 heterocycles. The monoisotopic (exact) mass is 333 g/mol. The third-order valence-corrected chi connectivity index (χ3v) is 3.96. The molecule has 0 bridgehead atoms. The van der Waals surface area contributed by atoms with Crippen LogP contribution in [0.5, 0.6) is 0 Å². The Morgan fingerprint density at radius 3 is 2.25 bits per heavy atom. The Balaban J connectivity index is 2.30. The lowest BCUT2D eigenvalue weighted by Crippen LogP contribution is -2.10. The first-order valence-electron chi connectivity index (χ1n) is 6.38. The number of halogens is 1. The minimum Gasteiger partial charge on any atom is -0.478 e. The van der Waals surface area contributed by atoms with Gasteiger partial charge in [0.05, 0.1) is 5.56 Å². The molecule has 104 valence electrons. The first-order chi connectivity index (χ1) is 9.52. The molecule has 2 rings (SSSR count). The van der Waals surface area contributed by atoms with E-state index in [4.69, 9.17) is 5.11 Å². The summed E-state index contributed by atoms with van der Waals surface area (Å²) < 4.78 is 0.583. The number of hydrogen-bond acceptors (Lipinski definition) is 2. The van der Waals surface area contributed by atoms with Crippen molar-refractivity contribution in [2.24, 2.45) is 0 Å². The molecule has 0 unspecified atom stereocenters. The van der Waals surface area contributed by atoms with Crippen LogP contribution in [0.4, 0.5) is 11.4 Å². The van der Waals surface area contributed by atoms with Gasteiger partial charge >= 0.3 is 5.97 Å². The van der Waals surface area contributed by atoms with Gasteiger partial charge < -0.3 is 10.0 Å². The fraction of sp³-hybridized carbons (Fsp3) is 0.188. The van der Waals surface area contributed by atoms with Crippen LogP contribution in [-0.4, -0.2) is 18.1 Å². The quantitative estimate of drug-likeness (QED) is 0.896. The van der Waals surface area contributed by atoms with Crippen LogP contribution in [0.1, 0.15) is 22.8 Å². The van der Waals surface area contributed by atoms with Crippen molar-refractivity contribution in [2.45, 2.75) is 13.3 Å². The van der Waals surface area contributed by atoms with Crippen LogP contribution in [0, 0.1) is 0 Å². The third kappa shape index (κ3) is 3.02. The molecule has 0 saturated carbocycles. The second kappa shape index (κ2) is 6.09. The van der Waals surface area contributed by atoms with Crippen molar-refractivity contribution in [1.29, 1.82) is 0 Å². The molecule has 4 heteroatoms. The van der Waals surface area contributed by atoms with E-state index in [-0.39, 0.29) is 5.56 Å². The van der Waals surface area contributed by atoms with Gasteiger partial charge in [0.2, 0.25) is 0 Å². The topological polar surface area (TPSA) is 40.5 Å². The van der Waals surface area contributed by atoms with Crippen LogP contribution in [0.3, 0.4) is 0 Å². The first-order valence-corrected chi connectivity index (χ1v) is 7.17. The van der Waals surface area contributed by atoms with Crippen LogP contribution in [0.25, 0.3) is 0 Å². The van der Waals surface area contributed by atoms with E-state index in [1.54, 1.807) is 6.07 Å². The molecule has 1 N–H and O–H groups in total. The van der Waals surface area contributed by atoms with E-state index in [0.717, 1.165) is 17.8 Å². The van der Waals surface area contributed by atoms with Crippen LogP contribution < -0.4 is 4.90 Å². The Morgan fingerprint density at radius 2 is 1.75 bits per heavy atom. The smallest absolute Gasteiger partial charge is 0.336 e. The highest BCUT2D eigenvalue weighted by Gasteiger charge is 2.11. The predicted octanol–water partition coefficient (Wildman–Crippen LogP) is 4.48. The molecule has 0 amide bonds. The highest BCUT2D eigenvalue weighted by molar-refractivity contribution is 9.10. The Morgan fingerprint density at radius 1 is 1.15 bits per heavy atom. The van der Waals surface area contributed by atoms with Gasteiger partial charge in [0.15, 0.2) is 0 Å². The van der Waals surface area contributed by atoms with E-state index < -0.39 is 5.97 Å². The summed E-state index contributed by atoms with van der Waals surface area (Å²) in [4.78, 5) is 13.0. The van der Waals surface area contributed by atoms with E-state index in [9.17, 15) is 4.79 Å². The maximum atomic E-state index is 11.0. The summed E-state index contributed by atoms with van der Waals surface area (Å²) in [7, 11) is 1.96. The summed E-state index contributed by atoms with van der Waals surface area (Å²) in [5.41, 5.74) is 3.57. The molecule has 0 saturated heterocycles. The van der Waals surface area contributed by atoms with Crippen molar-refractivity contribution < 1.29 is 9.90 Å². The van der Waals surface area contributed by atoms with E-state index in [2.05, 4.69) is 47.1 Å². The number of rotatable bonds is 4. The minimum atomic E-state index is -0.932. The molecule has 0 spiro atoms. The van der Waals surface area contributed by atoms with Crippen LogP contribution >= 0.6 is 15.9 Å². The van der Waals surface area contributed by atoms with E-state index in [0.29, 0.717) is 4.47 Å². The Hall–Kier alpha value is -1.81. The fourth-order valence-corrected chi connectivity index (χ4v) is 2.53. The molecule has 0 fully saturated rings. The molecule has 0 radical (unpaired) electrons. The van der Waals surface area contributed by atoms with Crippen molar-refractivity contribution in [2.75, 3.05) is 11.9 Å². The van der Waals surface area contributed by atoms with Gasteiger partial charge in [0.25, 0.3) is 0 Å². The molecule has 2 aromatic rings. The molecule has 20 heavy (non-hydrogen) atoms. The number of aromatic carboxylic acids is 1. The van der Waals surface area contributed by atoms with Gasteiger partial charge in [-0.05, 0) is 58.2 Å². The SMILES string of the molecule is CCc1ccc(N(C)c2ccc(C(=O)O)c(Br)c2)cc1. The van der Waals surface area contributed by atoms with E-state index in [1.807, 2.05) is 24.1 Å². The number of aryl methyl sites for hydroxylation is 1. The Labute approximate surface area is 127 Å². The molecule has 0 atom stereocenters. The lowest BCUT2D eigenvalue weighted by atomic mass is 10.1. The number of hydrogen-bond donors (Lipinski definition) is 1. The number of benzene rings is 2. The second-order valence-electron chi connectivity index (χ2n) is 4.55. The summed E-state index contributed by atoms with van der Waals surface area (Å²) in [6, 6.07) is 13.6. The molecule has 3 nitrogen and oxygen atoms in total.